The summed E-state index contributed by atoms with van der Waals surface area (Å²) in [5.41, 5.74) is 4.33. The van der Waals surface area contributed by atoms with E-state index < -0.39 is 10.2 Å². The van der Waals surface area contributed by atoms with Gasteiger partial charge in [0.05, 0.1) is 6.19 Å². The number of hydrogen-bond acceptors (Lipinski definition) is 10. The Hall–Kier alpha value is -3.90. The molecule has 1 aromatic carbocycles. The van der Waals surface area contributed by atoms with Crippen molar-refractivity contribution < 1.29 is 67.0 Å². The summed E-state index contributed by atoms with van der Waals surface area (Å²) in [4.78, 5) is 19.0. The molecule has 0 unspecified atom stereocenters. The molecule has 0 aliphatic heterocycles. The number of nitriles is 1. The predicted octanol–water partition coefficient (Wildman–Crippen LogP) is -4.14. The summed E-state index contributed by atoms with van der Waals surface area (Å²) in [7, 11) is -4.94. The van der Waals surface area contributed by atoms with Gasteiger partial charge in [-0.1, -0.05) is 44.7 Å². The Bertz CT molecular complexity index is 1280. The van der Waals surface area contributed by atoms with Crippen LogP contribution < -0.4 is 28.7 Å². The monoisotopic (exact) mass is 672 g/mol. The van der Waals surface area contributed by atoms with Crippen molar-refractivity contribution >= 4 is 18.4 Å². The van der Waals surface area contributed by atoms with E-state index in [2.05, 4.69) is 45.7 Å². The van der Waals surface area contributed by atoms with Crippen LogP contribution in [0.5, 0.6) is 5.75 Å². The molecule has 0 saturated heterocycles. The van der Waals surface area contributed by atoms with E-state index in [1.54, 1.807) is 18.6 Å². The van der Waals surface area contributed by atoms with E-state index in [0.29, 0.717) is 24.2 Å². The Labute approximate surface area is 268 Å². The summed E-state index contributed by atoms with van der Waals surface area (Å²) in [6.07, 6.45) is 9.91. The smallest absolute Gasteiger partial charge is 0.871 e. The molecule has 3 rings (SSSR count). The topological polar surface area (TPSA) is 292 Å². The number of halogens is 1. The first-order chi connectivity index (χ1) is 19.3. The molecule has 237 valence electrons. The van der Waals surface area contributed by atoms with Gasteiger partial charge in [0.2, 0.25) is 0 Å². The maximum absolute atomic E-state index is 13.0. The molecule has 2 heterocycles. The van der Waals surface area contributed by atoms with Crippen molar-refractivity contribution in [1.29, 1.82) is 5.26 Å². The Balaban J connectivity index is -0.00000112. The van der Waals surface area contributed by atoms with Crippen molar-refractivity contribution in [2.75, 3.05) is 13.1 Å². The van der Waals surface area contributed by atoms with Gasteiger partial charge in [-0.05, 0) is 46.9 Å². The van der Waals surface area contributed by atoms with Crippen LogP contribution in [-0.4, -0.2) is 41.5 Å². The Morgan fingerprint density at radius 2 is 1.48 bits per heavy atom. The number of aliphatic imine (C=N–C) groups is 2. The van der Waals surface area contributed by atoms with E-state index in [1.165, 1.54) is 12.2 Å². The van der Waals surface area contributed by atoms with Crippen LogP contribution in [0, 0.1) is 21.7 Å². The van der Waals surface area contributed by atoms with E-state index in [4.69, 9.17) is 29.3 Å². The van der Waals surface area contributed by atoms with E-state index in [9.17, 15) is 5.11 Å². The van der Waals surface area contributed by atoms with Crippen LogP contribution in [0.25, 0.3) is 5.41 Å². The molecule has 3 aromatic rings. The molecular weight excluding hydrogens is 637 g/mol. The second-order valence-corrected chi connectivity index (χ2v) is 9.96. The van der Waals surface area contributed by atoms with E-state index in [0.717, 1.165) is 29.8 Å². The van der Waals surface area contributed by atoms with Gasteiger partial charge in [-0.3, -0.25) is 15.0 Å². The molecule has 0 amide bonds. The van der Waals surface area contributed by atoms with Crippen LogP contribution in [0.2, 0.25) is 0 Å². The molecule has 0 saturated carbocycles. The second-order valence-electron chi connectivity index (χ2n) is 9.20. The maximum atomic E-state index is 13.0. The zero-order chi connectivity index (χ0) is 30.7. The number of aromatic nitrogens is 2. The molecule has 14 nitrogen and oxygen atoms in total. The van der Waals surface area contributed by atoms with Crippen LogP contribution in [-0.2, 0) is 46.3 Å². The first kappa shape index (κ1) is 44.5. The van der Waals surface area contributed by atoms with Crippen molar-refractivity contribution in [3.63, 3.8) is 0 Å². The third-order valence-corrected chi connectivity index (χ3v) is 5.08. The van der Waals surface area contributed by atoms with Crippen molar-refractivity contribution in [3.05, 3.63) is 94.4 Å². The fraction of sp³-hybridized carbons (Fsp3) is 0.286. The number of nitrogens with one attached hydrogen (secondary N) is 1. The van der Waals surface area contributed by atoms with Gasteiger partial charge in [0, 0.05) is 54.9 Å². The Morgan fingerprint density at radius 3 is 1.91 bits per heavy atom. The van der Waals surface area contributed by atoms with Crippen molar-refractivity contribution in [2.45, 2.75) is 39.0 Å². The summed E-state index contributed by atoms with van der Waals surface area (Å²) in [5.74, 6) is -0.0140. The zero-order valence-electron chi connectivity index (χ0n) is 24.4. The molecule has 0 spiro atoms. The summed E-state index contributed by atoms with van der Waals surface area (Å²) in [5, 5.41) is 27.8. The minimum absolute atomic E-state index is 0. The molecule has 0 atom stereocenters. The Morgan fingerprint density at radius 1 is 0.955 bits per heavy atom. The number of benzene rings is 1. The molecule has 0 fully saturated rings. The molecule has 0 aliphatic rings. The summed E-state index contributed by atoms with van der Waals surface area (Å²) >= 11 is 0. The van der Waals surface area contributed by atoms with Gasteiger partial charge < -0.3 is 26.5 Å². The predicted molar refractivity (Wildman–Crippen MR) is 150 cm³/mol. The molecular formula is C28H36ClMnN7O7+2. The standard InChI is InChI=1S/C26H30N4O.C2N3.ClHO4.Mn.2H2O/c1-26(2,3)22-16-20(18-27-14-10-23-8-4-6-12-29-23)25(31)21(17-22)19-28-15-11-24-9-5-7-13-30-24;3-1-5-2-4;2-1(3,4)5;;;/h4-9,12-13,16-19,31H,10-11,14-15H2,1-3H3;;(H,2,3,4,5);;2*1H2/q;-1;;+2;;/p+1. The van der Waals surface area contributed by atoms with Gasteiger partial charge >= 0.3 is 17.1 Å². The van der Waals surface area contributed by atoms with Gasteiger partial charge in [0.1, 0.15) is 6.54 Å². The normalized spacial score (nSPS) is 10.3. The first-order valence-corrected chi connectivity index (χ1v) is 13.4. The largest absolute Gasteiger partial charge is 2.00 e. The molecule has 2 aromatic heterocycles. The quantitative estimate of drug-likeness (QED) is 0.106. The van der Waals surface area contributed by atoms with Gasteiger partial charge in [0.15, 0.2) is 6.21 Å². The SMILES string of the molecule is CC(C)(C)c1cc(C=NCCc2ccccn2)c([O-])c(C=[NH+]CCc2ccccn2)c1.N#CN=C=[N-].[Mn+2].[O-][Cl+3]([O-])([O-])[O-].[OH3+].[OH3+]. The molecule has 0 aliphatic carbocycles. The molecule has 0 bridgehead atoms. The van der Waals surface area contributed by atoms with Gasteiger partial charge in [0.25, 0.3) is 0 Å². The molecule has 16 heteroatoms. The number of hydrogen-bond donors (Lipinski definition) is 1. The van der Waals surface area contributed by atoms with Gasteiger partial charge in [-0.25, -0.2) is 23.6 Å². The van der Waals surface area contributed by atoms with Crippen LogP contribution in [0.3, 0.4) is 0 Å². The van der Waals surface area contributed by atoms with E-state index in [1.807, 2.05) is 54.7 Å². The van der Waals surface area contributed by atoms with Crippen molar-refractivity contribution in [2.24, 2.45) is 9.98 Å². The minimum atomic E-state index is -4.94. The summed E-state index contributed by atoms with van der Waals surface area (Å²) in [6, 6.07) is 17.0. The fourth-order valence-electron chi connectivity index (χ4n) is 3.15. The van der Waals surface area contributed by atoms with Crippen LogP contribution in [0.15, 0.2) is 70.9 Å². The average Bonchev–Trinajstić information content (AvgIpc) is 2.91. The molecule has 44 heavy (non-hydrogen) atoms. The van der Waals surface area contributed by atoms with Crippen molar-refractivity contribution in [1.82, 2.24) is 9.97 Å². The van der Waals surface area contributed by atoms with Crippen LogP contribution in [0.4, 0.5) is 0 Å². The van der Waals surface area contributed by atoms with E-state index >= 15 is 0 Å². The third-order valence-electron chi connectivity index (χ3n) is 5.08. The van der Waals surface area contributed by atoms with Crippen molar-refractivity contribution in [3.8, 4) is 11.9 Å². The molecule has 7 N–H and O–H groups in total. The average molecular weight is 673 g/mol. The fourth-order valence-corrected chi connectivity index (χ4v) is 3.15. The number of pyridine rings is 2. The van der Waals surface area contributed by atoms with Crippen LogP contribution >= 0.6 is 0 Å². The third kappa shape index (κ3) is 20.9. The molecule has 1 radical (unpaired) electrons. The van der Waals surface area contributed by atoms with Crippen LogP contribution in [0.1, 0.15) is 48.8 Å². The van der Waals surface area contributed by atoms with Gasteiger partial charge in [-0.15, -0.1) is 16.3 Å². The first-order valence-electron chi connectivity index (χ1n) is 12.2. The number of nitrogens with zero attached hydrogens (tertiary/aromatic N) is 6. The zero-order valence-corrected chi connectivity index (χ0v) is 26.3. The Kier molecular flexibility index (Phi) is 23.8. The summed E-state index contributed by atoms with van der Waals surface area (Å²) < 4.78 is 34.0. The second kappa shape index (κ2) is 23.5. The number of rotatable bonds is 8. The summed E-state index contributed by atoms with van der Waals surface area (Å²) in [6.45, 7) is 7.74. The van der Waals surface area contributed by atoms with E-state index in [-0.39, 0.29) is 39.2 Å². The maximum Gasteiger partial charge on any atom is 2.00 e. The van der Waals surface area contributed by atoms with Gasteiger partial charge in [-0.2, -0.15) is 5.26 Å². The minimum Gasteiger partial charge on any atom is -0.871 e.